The average molecular weight is 485 g/mol. The van der Waals surface area contributed by atoms with Gasteiger partial charge in [0.2, 0.25) is 0 Å². The van der Waals surface area contributed by atoms with Gasteiger partial charge in [0.1, 0.15) is 17.2 Å². The van der Waals surface area contributed by atoms with Crippen LogP contribution in [0.2, 0.25) is 0 Å². The van der Waals surface area contributed by atoms with E-state index in [4.69, 9.17) is 4.74 Å². The van der Waals surface area contributed by atoms with Crippen LogP contribution in [0.15, 0.2) is 30.3 Å². The van der Waals surface area contributed by atoms with Gasteiger partial charge in [0.25, 0.3) is 5.91 Å². The highest BCUT2D eigenvalue weighted by Crippen LogP contribution is 2.35. The number of hydrogen-bond donors (Lipinski definition) is 1. The van der Waals surface area contributed by atoms with E-state index in [1.165, 1.54) is 0 Å². The Balaban J connectivity index is 2.00. The zero-order valence-corrected chi connectivity index (χ0v) is 17.0. The number of carbonyl (C=O) groups is 2. The Morgan fingerprint density at radius 1 is 1.15 bits per heavy atom. The van der Waals surface area contributed by atoms with E-state index in [9.17, 15) is 18.4 Å². The number of hydrogen-bond acceptors (Lipinski definition) is 3. The van der Waals surface area contributed by atoms with Gasteiger partial charge in [-0.25, -0.2) is 13.6 Å². The quantitative estimate of drug-likeness (QED) is 0.531. The normalized spacial score (nSPS) is 14.6. The molecule has 142 valence electrons. The topological polar surface area (TPSA) is 55.4 Å². The molecular formula is C20H18F2INO3. The molecule has 0 saturated carbocycles. The minimum absolute atomic E-state index is 0.0970. The molecule has 3 rings (SSSR count). The summed E-state index contributed by atoms with van der Waals surface area (Å²) in [5.41, 5.74) is -0.0216. The van der Waals surface area contributed by atoms with Gasteiger partial charge in [-0.05, 0) is 71.3 Å². The molecule has 7 heteroatoms. The first kappa shape index (κ1) is 19.7. The number of aryl methyl sites for hydroxylation is 1. The number of ether oxygens (including phenoxy) is 1. The number of esters is 1. The van der Waals surface area contributed by atoms with E-state index in [0.29, 0.717) is 5.56 Å². The molecule has 27 heavy (non-hydrogen) atoms. The molecule has 0 atom stereocenters. The molecule has 0 aromatic heterocycles. The monoisotopic (exact) mass is 485 g/mol. The maximum Gasteiger partial charge on any atom is 0.332 e. The summed E-state index contributed by atoms with van der Waals surface area (Å²) in [7, 11) is 0. The zero-order valence-electron chi connectivity index (χ0n) is 14.9. The van der Waals surface area contributed by atoms with Crippen molar-refractivity contribution in [1.29, 1.82) is 0 Å². The highest BCUT2D eigenvalue weighted by atomic mass is 127. The second-order valence-electron chi connectivity index (χ2n) is 6.53. The van der Waals surface area contributed by atoms with Crippen molar-refractivity contribution in [3.8, 4) is 0 Å². The van der Waals surface area contributed by atoms with Crippen LogP contribution in [0.4, 0.5) is 8.78 Å². The molecule has 2 aromatic carbocycles. The molecule has 0 heterocycles. The molecule has 1 N–H and O–H groups in total. The lowest BCUT2D eigenvalue weighted by Crippen LogP contribution is -2.56. The lowest BCUT2D eigenvalue weighted by molar-refractivity contribution is -0.150. The highest BCUT2D eigenvalue weighted by Gasteiger charge is 2.48. The Bertz CT molecular complexity index is 899. The molecule has 2 aromatic rings. The Morgan fingerprint density at radius 3 is 2.30 bits per heavy atom. The van der Waals surface area contributed by atoms with Gasteiger partial charge >= 0.3 is 5.97 Å². The van der Waals surface area contributed by atoms with Crippen LogP contribution in [0.3, 0.4) is 0 Å². The highest BCUT2D eigenvalue weighted by molar-refractivity contribution is 14.1. The van der Waals surface area contributed by atoms with Crippen LogP contribution >= 0.6 is 22.6 Å². The Kier molecular flexibility index (Phi) is 5.50. The van der Waals surface area contributed by atoms with Crippen molar-refractivity contribution < 1.29 is 23.1 Å². The van der Waals surface area contributed by atoms with Gasteiger partial charge in [-0.2, -0.15) is 0 Å². The first-order valence-electron chi connectivity index (χ1n) is 8.49. The molecule has 1 aliphatic rings. The summed E-state index contributed by atoms with van der Waals surface area (Å²) in [4.78, 5) is 25.6. The fourth-order valence-electron chi connectivity index (χ4n) is 3.34. The molecule has 1 aliphatic carbocycles. The van der Waals surface area contributed by atoms with Crippen LogP contribution in [0, 0.1) is 22.1 Å². The van der Waals surface area contributed by atoms with Crippen LogP contribution in [0.5, 0.6) is 0 Å². The number of fused-ring (bicyclic) bond motifs is 1. The van der Waals surface area contributed by atoms with Crippen molar-refractivity contribution in [3.63, 3.8) is 0 Å². The zero-order chi connectivity index (χ0) is 19.8. The maximum absolute atomic E-state index is 14.2. The fourth-order valence-corrected chi connectivity index (χ4v) is 3.95. The molecule has 0 saturated heterocycles. The van der Waals surface area contributed by atoms with E-state index >= 15 is 0 Å². The van der Waals surface area contributed by atoms with Crippen molar-refractivity contribution in [1.82, 2.24) is 5.32 Å². The summed E-state index contributed by atoms with van der Waals surface area (Å²) < 4.78 is 34.3. The number of halogens is 3. The largest absolute Gasteiger partial charge is 0.464 e. The van der Waals surface area contributed by atoms with Gasteiger partial charge < -0.3 is 10.1 Å². The smallest absolute Gasteiger partial charge is 0.332 e. The molecule has 0 unspecified atom stereocenters. The summed E-state index contributed by atoms with van der Waals surface area (Å²) >= 11 is 2.06. The van der Waals surface area contributed by atoms with Crippen molar-refractivity contribution >= 4 is 34.5 Å². The van der Waals surface area contributed by atoms with Crippen molar-refractivity contribution in [2.24, 2.45) is 0 Å². The molecule has 1 amide bonds. The third kappa shape index (κ3) is 3.56. The summed E-state index contributed by atoms with van der Waals surface area (Å²) in [6.07, 6.45) is -0.308. The molecule has 4 nitrogen and oxygen atoms in total. The van der Waals surface area contributed by atoms with E-state index < -0.39 is 29.0 Å². The Morgan fingerprint density at radius 2 is 1.74 bits per heavy atom. The number of carbonyl (C=O) groups excluding carboxylic acids is 2. The van der Waals surface area contributed by atoms with Gasteiger partial charge in [0, 0.05) is 16.4 Å². The summed E-state index contributed by atoms with van der Waals surface area (Å²) in [5, 5.41) is 2.71. The van der Waals surface area contributed by atoms with Crippen molar-refractivity contribution in [2.45, 2.75) is 32.2 Å². The number of amides is 1. The van der Waals surface area contributed by atoms with Crippen molar-refractivity contribution in [3.05, 3.63) is 67.8 Å². The summed E-state index contributed by atoms with van der Waals surface area (Å²) in [6.45, 7) is 3.61. The Hall–Kier alpha value is -2.03. The number of rotatable bonds is 4. The van der Waals surface area contributed by atoms with Gasteiger partial charge in [-0.3, -0.25) is 4.79 Å². The summed E-state index contributed by atoms with van der Waals surface area (Å²) in [5.74, 6) is -2.38. The standard InChI is InChI=1S/C20H18F2INO3/c1-3-27-19(26)20(9-13-14(10-20)16(22)8-7-15(13)21)24-18(25)12-6-4-5-11(2)17(12)23/h4-8H,3,9-10H2,1-2H3,(H,24,25). The van der Waals surface area contributed by atoms with Gasteiger partial charge in [0.15, 0.2) is 0 Å². The van der Waals surface area contributed by atoms with E-state index in [2.05, 4.69) is 27.9 Å². The van der Waals surface area contributed by atoms with Crippen LogP contribution < -0.4 is 5.32 Å². The average Bonchev–Trinajstić information content (AvgIpc) is 3.03. The van der Waals surface area contributed by atoms with E-state index in [1.807, 2.05) is 13.0 Å². The predicted octanol–water partition coefficient (Wildman–Crippen LogP) is 3.71. The first-order valence-corrected chi connectivity index (χ1v) is 9.57. The SMILES string of the molecule is CCOC(=O)C1(NC(=O)c2cccc(C)c2I)Cc2c(F)ccc(F)c2C1. The van der Waals surface area contributed by atoms with Gasteiger partial charge in [0.05, 0.1) is 12.2 Å². The van der Waals surface area contributed by atoms with Gasteiger partial charge in [-0.15, -0.1) is 0 Å². The lowest BCUT2D eigenvalue weighted by Gasteiger charge is -2.28. The minimum Gasteiger partial charge on any atom is -0.464 e. The van der Waals surface area contributed by atoms with E-state index in [0.717, 1.165) is 21.3 Å². The second-order valence-corrected chi connectivity index (χ2v) is 7.61. The Labute approximate surface area is 169 Å². The number of benzene rings is 2. The van der Waals surface area contributed by atoms with Crippen LogP contribution in [0.1, 0.15) is 34.0 Å². The predicted molar refractivity (Wildman–Crippen MR) is 104 cm³/mol. The molecule has 0 radical (unpaired) electrons. The van der Waals surface area contributed by atoms with Gasteiger partial charge in [-0.1, -0.05) is 12.1 Å². The fraction of sp³-hybridized carbons (Fsp3) is 0.300. The van der Waals surface area contributed by atoms with Crippen LogP contribution in [-0.4, -0.2) is 24.0 Å². The van der Waals surface area contributed by atoms with E-state index in [-0.39, 0.29) is 30.6 Å². The number of nitrogens with one attached hydrogen (secondary N) is 1. The molecule has 0 bridgehead atoms. The lowest BCUT2D eigenvalue weighted by atomic mass is 9.94. The molecule has 0 spiro atoms. The minimum atomic E-state index is -1.54. The second kappa shape index (κ2) is 7.53. The van der Waals surface area contributed by atoms with Crippen LogP contribution in [-0.2, 0) is 22.4 Å². The van der Waals surface area contributed by atoms with Crippen molar-refractivity contribution in [2.75, 3.05) is 6.61 Å². The van der Waals surface area contributed by atoms with E-state index in [1.54, 1.807) is 19.1 Å². The molecule has 0 fully saturated rings. The maximum atomic E-state index is 14.2. The molecular weight excluding hydrogens is 467 g/mol. The third-order valence-corrected chi connectivity index (χ3v) is 6.16. The first-order chi connectivity index (χ1) is 12.8. The molecule has 0 aliphatic heterocycles. The van der Waals surface area contributed by atoms with Crippen LogP contribution in [0.25, 0.3) is 0 Å². The summed E-state index contributed by atoms with van der Waals surface area (Å²) in [6, 6.07) is 7.32. The third-order valence-electron chi connectivity index (χ3n) is 4.73.